The summed E-state index contributed by atoms with van der Waals surface area (Å²) in [5.74, 6) is 0.768. The van der Waals surface area contributed by atoms with E-state index in [0.29, 0.717) is 19.1 Å². The van der Waals surface area contributed by atoms with E-state index in [2.05, 4.69) is 12.2 Å². The molecule has 3 N–H and O–H groups in total. The molecule has 0 aliphatic heterocycles. The van der Waals surface area contributed by atoms with Crippen molar-refractivity contribution in [2.75, 3.05) is 13.2 Å². The Balaban J connectivity index is 2.32. The molecule has 4 heteroatoms. The van der Waals surface area contributed by atoms with Crippen LogP contribution in [0.1, 0.15) is 40.0 Å². The summed E-state index contributed by atoms with van der Waals surface area (Å²) in [6, 6.07) is 0.250. The van der Waals surface area contributed by atoms with E-state index in [1.165, 1.54) is 0 Å². The molecule has 1 aliphatic carbocycles. The minimum absolute atomic E-state index is 0.0815. The minimum Gasteiger partial charge on any atom is -0.380 e. The number of nitrogens with one attached hydrogen (secondary N) is 1. The van der Waals surface area contributed by atoms with Gasteiger partial charge in [-0.2, -0.15) is 0 Å². The average molecular weight is 242 g/mol. The van der Waals surface area contributed by atoms with E-state index in [9.17, 15) is 4.79 Å². The number of nitrogens with two attached hydrogens (primary N) is 1. The van der Waals surface area contributed by atoms with Gasteiger partial charge in [-0.05, 0) is 39.0 Å². The molecule has 4 unspecified atom stereocenters. The number of amides is 1. The average Bonchev–Trinajstić information content (AvgIpc) is 2.30. The molecule has 0 saturated heterocycles. The first kappa shape index (κ1) is 14.5. The van der Waals surface area contributed by atoms with E-state index in [1.54, 1.807) is 0 Å². The van der Waals surface area contributed by atoms with Crippen molar-refractivity contribution in [3.63, 3.8) is 0 Å². The van der Waals surface area contributed by atoms with Gasteiger partial charge in [0.15, 0.2) is 0 Å². The maximum Gasteiger partial charge on any atom is 0.223 e. The summed E-state index contributed by atoms with van der Waals surface area (Å²) in [6.07, 6.45) is 2.83. The van der Waals surface area contributed by atoms with Crippen molar-refractivity contribution >= 4 is 5.91 Å². The summed E-state index contributed by atoms with van der Waals surface area (Å²) in [4.78, 5) is 12.0. The van der Waals surface area contributed by atoms with E-state index in [-0.39, 0.29) is 23.9 Å². The summed E-state index contributed by atoms with van der Waals surface area (Å²) >= 11 is 0. The highest BCUT2D eigenvalue weighted by atomic mass is 16.5. The highest BCUT2D eigenvalue weighted by Crippen LogP contribution is 2.27. The molecule has 0 aromatic rings. The molecular formula is C13H26N2O2. The smallest absolute Gasteiger partial charge is 0.223 e. The second-order valence-corrected chi connectivity index (χ2v) is 5.22. The van der Waals surface area contributed by atoms with Crippen LogP contribution in [0.2, 0.25) is 0 Å². The van der Waals surface area contributed by atoms with Gasteiger partial charge in [0.2, 0.25) is 5.91 Å². The molecule has 100 valence electrons. The lowest BCUT2D eigenvalue weighted by atomic mass is 9.79. The van der Waals surface area contributed by atoms with Crippen LogP contribution in [-0.4, -0.2) is 31.2 Å². The van der Waals surface area contributed by atoms with Crippen LogP contribution in [-0.2, 0) is 9.53 Å². The SMILES string of the molecule is CCOCC(C)NC(=O)C1CCC(C)C(N)C1. The molecule has 1 rings (SSSR count). The maximum atomic E-state index is 12.0. The molecule has 4 nitrogen and oxygen atoms in total. The zero-order valence-corrected chi connectivity index (χ0v) is 11.2. The van der Waals surface area contributed by atoms with E-state index < -0.39 is 0 Å². The van der Waals surface area contributed by atoms with Crippen LogP contribution in [0.15, 0.2) is 0 Å². The number of hydrogen-bond donors (Lipinski definition) is 2. The van der Waals surface area contributed by atoms with E-state index in [1.807, 2.05) is 13.8 Å². The summed E-state index contributed by atoms with van der Waals surface area (Å²) in [6.45, 7) is 7.36. The Morgan fingerprint density at radius 1 is 1.53 bits per heavy atom. The highest BCUT2D eigenvalue weighted by molar-refractivity contribution is 5.79. The van der Waals surface area contributed by atoms with E-state index in [0.717, 1.165) is 19.3 Å². The van der Waals surface area contributed by atoms with Crippen molar-refractivity contribution in [1.82, 2.24) is 5.32 Å². The fourth-order valence-electron chi connectivity index (χ4n) is 2.29. The van der Waals surface area contributed by atoms with Gasteiger partial charge in [-0.15, -0.1) is 0 Å². The van der Waals surface area contributed by atoms with Gasteiger partial charge in [0, 0.05) is 24.6 Å². The molecule has 0 aromatic carbocycles. The molecule has 1 amide bonds. The first-order chi connectivity index (χ1) is 8.04. The van der Waals surface area contributed by atoms with Crippen molar-refractivity contribution in [2.45, 2.75) is 52.1 Å². The normalized spacial score (nSPS) is 30.9. The summed E-state index contributed by atoms with van der Waals surface area (Å²) in [7, 11) is 0. The second-order valence-electron chi connectivity index (χ2n) is 5.22. The Labute approximate surface area is 104 Å². The lowest BCUT2D eigenvalue weighted by Gasteiger charge is -2.31. The van der Waals surface area contributed by atoms with Gasteiger partial charge in [0.25, 0.3) is 0 Å². The zero-order valence-electron chi connectivity index (χ0n) is 11.2. The molecule has 17 heavy (non-hydrogen) atoms. The third-order valence-electron chi connectivity index (χ3n) is 3.59. The van der Waals surface area contributed by atoms with Crippen LogP contribution in [0.4, 0.5) is 0 Å². The van der Waals surface area contributed by atoms with E-state index in [4.69, 9.17) is 10.5 Å². The van der Waals surface area contributed by atoms with Crippen LogP contribution in [0.3, 0.4) is 0 Å². The molecule has 1 aliphatic rings. The van der Waals surface area contributed by atoms with Gasteiger partial charge in [-0.25, -0.2) is 0 Å². The van der Waals surface area contributed by atoms with Crippen LogP contribution in [0.25, 0.3) is 0 Å². The number of carbonyl (C=O) groups is 1. The maximum absolute atomic E-state index is 12.0. The van der Waals surface area contributed by atoms with Gasteiger partial charge < -0.3 is 15.8 Å². The molecule has 0 radical (unpaired) electrons. The highest BCUT2D eigenvalue weighted by Gasteiger charge is 2.29. The fraction of sp³-hybridized carbons (Fsp3) is 0.923. The van der Waals surface area contributed by atoms with Gasteiger partial charge in [-0.1, -0.05) is 6.92 Å². The zero-order chi connectivity index (χ0) is 12.8. The third-order valence-corrected chi connectivity index (χ3v) is 3.59. The number of hydrogen-bond acceptors (Lipinski definition) is 3. The number of ether oxygens (including phenoxy) is 1. The van der Waals surface area contributed by atoms with Crippen molar-refractivity contribution in [3.05, 3.63) is 0 Å². The topological polar surface area (TPSA) is 64.3 Å². The van der Waals surface area contributed by atoms with Gasteiger partial charge in [-0.3, -0.25) is 4.79 Å². The molecule has 0 spiro atoms. The lowest BCUT2D eigenvalue weighted by molar-refractivity contribution is -0.127. The molecule has 4 atom stereocenters. The van der Waals surface area contributed by atoms with Crippen LogP contribution >= 0.6 is 0 Å². The Bertz CT molecular complexity index is 246. The largest absolute Gasteiger partial charge is 0.380 e. The summed E-state index contributed by atoms with van der Waals surface area (Å²) < 4.78 is 5.28. The quantitative estimate of drug-likeness (QED) is 0.763. The van der Waals surface area contributed by atoms with Crippen molar-refractivity contribution in [3.8, 4) is 0 Å². The first-order valence-corrected chi connectivity index (χ1v) is 6.68. The standard InChI is InChI=1S/C13H26N2O2/c1-4-17-8-10(3)15-13(16)11-6-5-9(2)12(14)7-11/h9-12H,4-8,14H2,1-3H3,(H,15,16). The first-order valence-electron chi connectivity index (χ1n) is 6.68. The minimum atomic E-state index is 0.0815. The predicted octanol–water partition coefficient (Wildman–Crippen LogP) is 1.29. The van der Waals surface area contributed by atoms with Gasteiger partial charge >= 0.3 is 0 Å². The van der Waals surface area contributed by atoms with Gasteiger partial charge in [0.1, 0.15) is 0 Å². The number of rotatable bonds is 5. The Morgan fingerprint density at radius 3 is 2.82 bits per heavy atom. The monoisotopic (exact) mass is 242 g/mol. The molecular weight excluding hydrogens is 216 g/mol. The van der Waals surface area contributed by atoms with Crippen molar-refractivity contribution in [1.29, 1.82) is 0 Å². The third kappa shape index (κ3) is 4.64. The van der Waals surface area contributed by atoms with E-state index >= 15 is 0 Å². The molecule has 0 bridgehead atoms. The van der Waals surface area contributed by atoms with Crippen LogP contribution < -0.4 is 11.1 Å². The molecule has 0 aromatic heterocycles. The fourth-order valence-corrected chi connectivity index (χ4v) is 2.29. The Morgan fingerprint density at radius 2 is 2.24 bits per heavy atom. The van der Waals surface area contributed by atoms with Crippen molar-refractivity contribution < 1.29 is 9.53 Å². The second kappa shape index (κ2) is 6.97. The molecule has 0 heterocycles. The lowest BCUT2D eigenvalue weighted by Crippen LogP contribution is -2.44. The summed E-state index contributed by atoms with van der Waals surface area (Å²) in [5.41, 5.74) is 6.01. The molecule has 1 saturated carbocycles. The van der Waals surface area contributed by atoms with Crippen LogP contribution in [0, 0.1) is 11.8 Å². The number of carbonyl (C=O) groups excluding carboxylic acids is 1. The summed E-state index contributed by atoms with van der Waals surface area (Å²) in [5, 5.41) is 3.00. The molecule has 1 fully saturated rings. The van der Waals surface area contributed by atoms with Crippen LogP contribution in [0.5, 0.6) is 0 Å². The Kier molecular flexibility index (Phi) is 5.92. The Hall–Kier alpha value is -0.610. The van der Waals surface area contributed by atoms with Gasteiger partial charge in [0.05, 0.1) is 6.61 Å². The predicted molar refractivity (Wildman–Crippen MR) is 68.6 cm³/mol. The van der Waals surface area contributed by atoms with Crippen molar-refractivity contribution in [2.24, 2.45) is 17.6 Å².